The summed E-state index contributed by atoms with van der Waals surface area (Å²) in [6, 6.07) is 35.9. The highest BCUT2D eigenvalue weighted by Gasteiger charge is 2.28. The van der Waals surface area contributed by atoms with Gasteiger partial charge in [0.25, 0.3) is 0 Å². The molecule has 6 rings (SSSR count). The van der Waals surface area contributed by atoms with Crippen molar-refractivity contribution in [2.24, 2.45) is 0 Å². The van der Waals surface area contributed by atoms with Crippen LogP contribution in [0.1, 0.15) is 17.2 Å². The summed E-state index contributed by atoms with van der Waals surface area (Å²) >= 11 is 0. The minimum atomic E-state index is 0.209. The van der Waals surface area contributed by atoms with E-state index >= 15 is 0 Å². The summed E-state index contributed by atoms with van der Waals surface area (Å²) in [5.74, 6) is 2.97. The number of piperazine rings is 1. The zero-order valence-corrected chi connectivity index (χ0v) is 22.3. The van der Waals surface area contributed by atoms with E-state index < -0.39 is 0 Å². The Morgan fingerprint density at radius 3 is 1.74 bits per heavy atom. The Morgan fingerprint density at radius 1 is 0.641 bits per heavy atom. The summed E-state index contributed by atoms with van der Waals surface area (Å²) in [6.45, 7) is 3.53. The lowest BCUT2D eigenvalue weighted by molar-refractivity contribution is 0.212. The Bertz CT molecular complexity index is 1500. The first-order chi connectivity index (χ1) is 19.2. The van der Waals surface area contributed by atoms with Crippen LogP contribution in [0.3, 0.4) is 0 Å². The lowest BCUT2D eigenvalue weighted by Crippen LogP contribution is -2.48. The van der Waals surface area contributed by atoms with Crippen LogP contribution in [0, 0.1) is 0 Å². The van der Waals surface area contributed by atoms with Gasteiger partial charge in [-0.2, -0.15) is 0 Å². The number of fused-ring (bicyclic) bond motifs is 1. The minimum absolute atomic E-state index is 0.209. The highest BCUT2D eigenvalue weighted by Crippen LogP contribution is 2.37. The second-order valence-electron chi connectivity index (χ2n) is 9.71. The van der Waals surface area contributed by atoms with Crippen LogP contribution in [0.15, 0.2) is 103 Å². The molecule has 0 spiro atoms. The van der Waals surface area contributed by atoms with Gasteiger partial charge in [0.15, 0.2) is 17.3 Å². The molecule has 2 heterocycles. The molecule has 6 nitrogen and oxygen atoms in total. The highest BCUT2D eigenvalue weighted by molar-refractivity contribution is 5.93. The SMILES string of the molecule is COc1cc2nc(-c3ccccc3)nc(N3CCN(C(c4ccccc4)c4ccccc4)CC3)c2cc1OC. The van der Waals surface area contributed by atoms with Gasteiger partial charge in [-0.1, -0.05) is 91.0 Å². The summed E-state index contributed by atoms with van der Waals surface area (Å²) < 4.78 is 11.2. The van der Waals surface area contributed by atoms with E-state index in [4.69, 9.17) is 19.4 Å². The van der Waals surface area contributed by atoms with Crippen molar-refractivity contribution in [3.05, 3.63) is 114 Å². The van der Waals surface area contributed by atoms with Crippen molar-refractivity contribution in [3.63, 3.8) is 0 Å². The predicted octanol–water partition coefficient (Wildman–Crippen LogP) is 6.23. The molecule has 0 saturated carbocycles. The molecule has 1 fully saturated rings. The standard InChI is InChI=1S/C33H32N4O2/c1-38-29-22-27-28(23-30(29)39-2)34-32(26-16-10-5-11-17-26)35-33(27)37-20-18-36(19-21-37)31(24-12-6-3-7-13-24)25-14-8-4-9-15-25/h3-17,22-23,31H,18-21H2,1-2H3. The van der Waals surface area contributed by atoms with E-state index in [-0.39, 0.29) is 6.04 Å². The topological polar surface area (TPSA) is 50.7 Å². The van der Waals surface area contributed by atoms with Crippen molar-refractivity contribution < 1.29 is 9.47 Å². The first-order valence-electron chi connectivity index (χ1n) is 13.3. The van der Waals surface area contributed by atoms with Gasteiger partial charge in [0.1, 0.15) is 5.82 Å². The van der Waals surface area contributed by atoms with E-state index in [1.165, 1.54) is 11.1 Å². The van der Waals surface area contributed by atoms with Crippen molar-refractivity contribution in [3.8, 4) is 22.9 Å². The first kappa shape index (κ1) is 24.9. The van der Waals surface area contributed by atoms with Crippen molar-refractivity contribution in [1.82, 2.24) is 14.9 Å². The first-order valence-corrected chi connectivity index (χ1v) is 13.3. The number of rotatable bonds is 7. The van der Waals surface area contributed by atoms with Crippen molar-refractivity contribution >= 4 is 16.7 Å². The molecular formula is C33H32N4O2. The average molecular weight is 517 g/mol. The van der Waals surface area contributed by atoms with Gasteiger partial charge >= 0.3 is 0 Å². The van der Waals surface area contributed by atoms with Crippen LogP contribution in [0.25, 0.3) is 22.3 Å². The van der Waals surface area contributed by atoms with Crippen LogP contribution < -0.4 is 14.4 Å². The van der Waals surface area contributed by atoms with E-state index in [9.17, 15) is 0 Å². The summed E-state index contributed by atoms with van der Waals surface area (Å²) in [5.41, 5.74) is 4.45. The number of benzene rings is 4. The van der Waals surface area contributed by atoms with Gasteiger partial charge in [0.05, 0.1) is 25.8 Å². The average Bonchev–Trinajstić information content (AvgIpc) is 3.02. The molecule has 0 atom stereocenters. The Balaban J connectivity index is 1.36. The number of hydrogen-bond acceptors (Lipinski definition) is 6. The van der Waals surface area contributed by atoms with E-state index in [1.807, 2.05) is 42.5 Å². The number of ether oxygens (including phenoxy) is 2. The number of anilines is 1. The fraction of sp³-hybridized carbons (Fsp3) is 0.212. The van der Waals surface area contributed by atoms with Crippen LogP contribution in [0.5, 0.6) is 11.5 Å². The maximum absolute atomic E-state index is 5.64. The van der Waals surface area contributed by atoms with Crippen molar-refractivity contribution in [2.75, 3.05) is 45.3 Å². The summed E-state index contributed by atoms with van der Waals surface area (Å²) in [7, 11) is 3.31. The molecule has 5 aromatic rings. The summed E-state index contributed by atoms with van der Waals surface area (Å²) in [4.78, 5) is 15.0. The van der Waals surface area contributed by atoms with Gasteiger partial charge < -0.3 is 14.4 Å². The molecule has 0 unspecified atom stereocenters. The number of methoxy groups -OCH3 is 2. The van der Waals surface area contributed by atoms with Crippen LogP contribution in [0.2, 0.25) is 0 Å². The molecule has 1 aliphatic heterocycles. The zero-order valence-electron chi connectivity index (χ0n) is 22.3. The largest absolute Gasteiger partial charge is 0.493 e. The molecule has 0 bridgehead atoms. The second-order valence-corrected chi connectivity index (χ2v) is 9.71. The Kier molecular flexibility index (Phi) is 7.11. The monoisotopic (exact) mass is 516 g/mol. The van der Waals surface area contributed by atoms with Crippen LogP contribution >= 0.6 is 0 Å². The molecule has 0 amide bonds. The van der Waals surface area contributed by atoms with Gasteiger partial charge in [-0.25, -0.2) is 9.97 Å². The van der Waals surface area contributed by atoms with Crippen LogP contribution in [-0.4, -0.2) is 55.3 Å². The van der Waals surface area contributed by atoms with E-state index in [2.05, 4.69) is 70.5 Å². The second kappa shape index (κ2) is 11.1. The maximum Gasteiger partial charge on any atom is 0.162 e. The lowest BCUT2D eigenvalue weighted by Gasteiger charge is -2.40. The zero-order chi connectivity index (χ0) is 26.6. The van der Waals surface area contributed by atoms with Gasteiger partial charge in [-0.15, -0.1) is 0 Å². The normalized spacial score (nSPS) is 14.1. The molecule has 0 radical (unpaired) electrons. The molecule has 1 aromatic heterocycles. The fourth-order valence-corrected chi connectivity index (χ4v) is 5.47. The molecule has 0 aliphatic carbocycles. The van der Waals surface area contributed by atoms with Gasteiger partial charge in [0.2, 0.25) is 0 Å². The van der Waals surface area contributed by atoms with E-state index in [0.29, 0.717) is 17.3 Å². The van der Waals surface area contributed by atoms with Gasteiger partial charge in [0, 0.05) is 43.2 Å². The molecule has 4 aromatic carbocycles. The minimum Gasteiger partial charge on any atom is -0.493 e. The molecule has 196 valence electrons. The third-order valence-corrected chi connectivity index (χ3v) is 7.42. The van der Waals surface area contributed by atoms with Gasteiger partial charge in [-0.05, 0) is 17.2 Å². The molecule has 1 aliphatic rings. The predicted molar refractivity (Wildman–Crippen MR) is 157 cm³/mol. The third-order valence-electron chi connectivity index (χ3n) is 7.42. The fourth-order valence-electron chi connectivity index (χ4n) is 5.47. The number of aromatic nitrogens is 2. The quantitative estimate of drug-likeness (QED) is 0.256. The molecule has 6 heteroatoms. The Labute approximate surface area is 229 Å². The highest BCUT2D eigenvalue weighted by atomic mass is 16.5. The number of hydrogen-bond donors (Lipinski definition) is 0. The number of nitrogens with zero attached hydrogens (tertiary/aromatic N) is 4. The van der Waals surface area contributed by atoms with Gasteiger partial charge in [-0.3, -0.25) is 4.90 Å². The van der Waals surface area contributed by atoms with E-state index in [1.54, 1.807) is 14.2 Å². The summed E-state index contributed by atoms with van der Waals surface area (Å²) in [5, 5.41) is 0.962. The van der Waals surface area contributed by atoms with E-state index in [0.717, 1.165) is 48.5 Å². The molecular weight excluding hydrogens is 484 g/mol. The van der Waals surface area contributed by atoms with Crippen LogP contribution in [0.4, 0.5) is 5.82 Å². The smallest absolute Gasteiger partial charge is 0.162 e. The third kappa shape index (κ3) is 5.03. The lowest BCUT2D eigenvalue weighted by atomic mass is 9.96. The molecule has 1 saturated heterocycles. The Hall–Kier alpha value is -4.42. The summed E-state index contributed by atoms with van der Waals surface area (Å²) in [6.07, 6.45) is 0. The van der Waals surface area contributed by atoms with Crippen molar-refractivity contribution in [2.45, 2.75) is 6.04 Å². The van der Waals surface area contributed by atoms with Crippen LogP contribution in [-0.2, 0) is 0 Å². The molecule has 0 N–H and O–H groups in total. The maximum atomic E-state index is 5.64. The van der Waals surface area contributed by atoms with Crippen molar-refractivity contribution in [1.29, 1.82) is 0 Å². The molecule has 39 heavy (non-hydrogen) atoms. The Morgan fingerprint density at radius 2 is 1.18 bits per heavy atom.